The van der Waals surface area contributed by atoms with Gasteiger partial charge in [0.05, 0.1) is 38.9 Å². The number of fused-ring (bicyclic) bond motifs is 2. The standard InChI is InChI=1S/C41H39ClF2N8O7S5/c42-41(43,44)63(55,56)36-21-29(9-10-33(36)46-27(13-15-51-17-19-59-20-18-51)24-60-28-6-2-1-3-7-28)64(57,58)50-38(54)34-25-61-40(48-34)52-16-12-26-5-4-8-30(31(26)23-52)37(53)49-39-47-32-11-14-45-22-35(32)62-39/h1-11,14,21-22,25,27,46H,12-13,15-20,23-24H2,(H,50,54)(H,47,49,53)/t27-/m1/s1. The lowest BCUT2D eigenvalue weighted by atomic mass is 9.94. The number of sulfonamides is 1. The normalized spacial score (nSPS) is 15.4. The van der Waals surface area contributed by atoms with Crippen molar-refractivity contribution >= 4 is 104 Å². The number of sulfone groups is 1. The van der Waals surface area contributed by atoms with Crippen LogP contribution in [0.2, 0.25) is 0 Å². The van der Waals surface area contributed by atoms with Gasteiger partial charge in [-0.25, -0.2) is 31.5 Å². The summed E-state index contributed by atoms with van der Waals surface area (Å²) in [5, 5.41) is 8.11. The number of alkyl halides is 3. The molecule has 8 rings (SSSR count). The van der Waals surface area contributed by atoms with Crippen LogP contribution in [0.3, 0.4) is 0 Å². The zero-order valence-corrected chi connectivity index (χ0v) is 38.4. The summed E-state index contributed by atoms with van der Waals surface area (Å²) in [5.41, 5.74) is 2.31. The van der Waals surface area contributed by atoms with Gasteiger partial charge in [-0.2, -0.15) is 8.78 Å². The van der Waals surface area contributed by atoms with Gasteiger partial charge in [0.2, 0.25) is 0 Å². The molecule has 6 aromatic rings. The topological polar surface area (TPSA) is 193 Å². The Morgan fingerprint density at radius 3 is 2.53 bits per heavy atom. The van der Waals surface area contributed by atoms with Crippen molar-refractivity contribution in [3.05, 3.63) is 113 Å². The predicted octanol–water partition coefficient (Wildman–Crippen LogP) is 6.94. The number of thiazole rings is 2. The third-order valence-electron chi connectivity index (χ3n) is 10.5. The number of anilines is 3. The molecule has 15 nitrogen and oxygen atoms in total. The molecule has 64 heavy (non-hydrogen) atoms. The molecule has 23 heteroatoms. The number of halogens is 3. The Bertz CT molecular complexity index is 2860. The number of hydrogen-bond acceptors (Lipinski definition) is 16. The number of pyridine rings is 1. The number of aromatic nitrogens is 3. The summed E-state index contributed by atoms with van der Waals surface area (Å²) in [6.07, 6.45) is 4.32. The van der Waals surface area contributed by atoms with E-state index in [9.17, 15) is 35.2 Å². The number of thioether (sulfide) groups is 1. The molecule has 0 bridgehead atoms. The average Bonchev–Trinajstić information content (AvgIpc) is 3.95. The molecule has 1 atom stereocenters. The smallest absolute Gasteiger partial charge is 0.380 e. The fourth-order valence-electron chi connectivity index (χ4n) is 7.13. The van der Waals surface area contributed by atoms with Crippen molar-refractivity contribution in [1.29, 1.82) is 0 Å². The van der Waals surface area contributed by atoms with E-state index in [2.05, 4.69) is 30.5 Å². The first-order valence-electron chi connectivity index (χ1n) is 19.7. The molecule has 2 amide bonds. The van der Waals surface area contributed by atoms with Crippen LogP contribution in [0.4, 0.5) is 24.7 Å². The largest absolute Gasteiger partial charge is 0.427 e. The molecule has 5 heterocycles. The highest BCUT2D eigenvalue weighted by atomic mass is 35.5. The van der Waals surface area contributed by atoms with Gasteiger partial charge in [0, 0.05) is 72.8 Å². The molecule has 0 saturated carbocycles. The number of amides is 2. The van der Waals surface area contributed by atoms with Crippen LogP contribution in [-0.4, -0.2) is 104 Å². The Morgan fingerprint density at radius 1 is 0.969 bits per heavy atom. The van der Waals surface area contributed by atoms with Gasteiger partial charge < -0.3 is 15.0 Å². The fourth-order valence-corrected chi connectivity index (χ4v) is 12.0. The van der Waals surface area contributed by atoms with Crippen LogP contribution in [0.1, 0.15) is 38.4 Å². The van der Waals surface area contributed by atoms with E-state index < -0.39 is 46.3 Å². The van der Waals surface area contributed by atoms with E-state index in [1.54, 1.807) is 30.6 Å². The predicted molar refractivity (Wildman–Crippen MR) is 244 cm³/mol. The number of carbonyl (C=O) groups is 2. The number of nitrogens with zero attached hydrogens (tertiary/aromatic N) is 5. The van der Waals surface area contributed by atoms with Crippen molar-refractivity contribution in [2.75, 3.05) is 60.7 Å². The Morgan fingerprint density at radius 2 is 1.77 bits per heavy atom. The zero-order chi connectivity index (χ0) is 45.1. The molecule has 1 fully saturated rings. The highest BCUT2D eigenvalue weighted by molar-refractivity contribution is 7.99. The maximum atomic E-state index is 14.6. The Hall–Kier alpha value is -4.81. The van der Waals surface area contributed by atoms with Gasteiger partial charge in [0.25, 0.3) is 31.7 Å². The van der Waals surface area contributed by atoms with Crippen molar-refractivity contribution in [2.45, 2.75) is 44.8 Å². The third kappa shape index (κ3) is 10.5. The molecule has 3 aromatic heterocycles. The Balaban J connectivity index is 0.984. The first-order chi connectivity index (χ1) is 30.6. The first-order valence-corrected chi connectivity index (χ1v) is 25.8. The molecule has 336 valence electrons. The average molecular weight is 990 g/mol. The summed E-state index contributed by atoms with van der Waals surface area (Å²) in [6, 6.07) is 18.8. The maximum absolute atomic E-state index is 14.6. The summed E-state index contributed by atoms with van der Waals surface area (Å²) in [7, 11) is -10.5. The van der Waals surface area contributed by atoms with Crippen molar-refractivity contribution in [3.63, 3.8) is 0 Å². The van der Waals surface area contributed by atoms with Crippen molar-refractivity contribution in [1.82, 2.24) is 24.6 Å². The fraction of sp³-hybridized carbons (Fsp3) is 0.293. The minimum absolute atomic E-state index is 0.261. The highest BCUT2D eigenvalue weighted by Gasteiger charge is 2.46. The number of nitrogens with one attached hydrogen (secondary N) is 3. The zero-order valence-electron chi connectivity index (χ0n) is 33.6. The summed E-state index contributed by atoms with van der Waals surface area (Å²) in [6.45, 7) is 3.83. The quantitative estimate of drug-likeness (QED) is 0.0667. The van der Waals surface area contributed by atoms with E-state index >= 15 is 0 Å². The number of morpholine rings is 1. The summed E-state index contributed by atoms with van der Waals surface area (Å²) < 4.78 is 86.5. The molecular weight excluding hydrogens is 950 g/mol. The van der Waals surface area contributed by atoms with Gasteiger partial charge >= 0.3 is 4.71 Å². The summed E-state index contributed by atoms with van der Waals surface area (Å²) in [4.78, 5) is 43.0. The first kappa shape index (κ1) is 45.7. The second-order valence-electron chi connectivity index (χ2n) is 14.7. The lowest BCUT2D eigenvalue weighted by Crippen LogP contribution is -2.39. The molecule has 3 aromatic carbocycles. The molecule has 0 radical (unpaired) electrons. The van der Waals surface area contributed by atoms with Crippen LogP contribution in [0.15, 0.2) is 105 Å². The molecular formula is C41H39ClF2N8O7S5. The van der Waals surface area contributed by atoms with E-state index in [0.717, 1.165) is 44.2 Å². The second-order valence-corrected chi connectivity index (χ2v) is 22.0. The lowest BCUT2D eigenvalue weighted by Gasteiger charge is -2.29. The van der Waals surface area contributed by atoms with E-state index in [1.807, 2.05) is 46.0 Å². The minimum atomic E-state index is -5.67. The molecule has 0 aliphatic carbocycles. The van der Waals surface area contributed by atoms with Gasteiger partial charge in [-0.3, -0.25) is 24.8 Å². The van der Waals surface area contributed by atoms with E-state index in [1.165, 1.54) is 28.5 Å². The molecule has 2 aliphatic heterocycles. The Kier molecular flexibility index (Phi) is 13.8. The van der Waals surface area contributed by atoms with E-state index in [4.69, 9.17) is 16.3 Å². The van der Waals surface area contributed by atoms with Crippen LogP contribution in [0.5, 0.6) is 0 Å². The monoisotopic (exact) mass is 988 g/mol. The number of ether oxygens (including phenoxy) is 1. The van der Waals surface area contributed by atoms with Gasteiger partial charge in [-0.05, 0) is 78.0 Å². The number of benzene rings is 3. The molecule has 2 aliphatic rings. The van der Waals surface area contributed by atoms with Crippen LogP contribution in [0, 0.1) is 0 Å². The van der Waals surface area contributed by atoms with Crippen LogP contribution >= 0.6 is 46.0 Å². The molecule has 0 spiro atoms. The third-order valence-corrected chi connectivity index (χ3v) is 16.9. The van der Waals surface area contributed by atoms with Gasteiger partial charge in [-0.15, -0.1) is 23.1 Å². The van der Waals surface area contributed by atoms with Crippen molar-refractivity contribution in [3.8, 4) is 0 Å². The van der Waals surface area contributed by atoms with Crippen molar-refractivity contribution in [2.24, 2.45) is 0 Å². The van der Waals surface area contributed by atoms with Gasteiger partial charge in [-0.1, -0.05) is 41.7 Å². The number of rotatable bonds is 16. The van der Waals surface area contributed by atoms with E-state index in [0.29, 0.717) is 85.4 Å². The van der Waals surface area contributed by atoms with E-state index in [-0.39, 0.29) is 23.8 Å². The van der Waals surface area contributed by atoms with Crippen LogP contribution < -0.4 is 20.3 Å². The summed E-state index contributed by atoms with van der Waals surface area (Å²) >= 11 is 9.00. The van der Waals surface area contributed by atoms with Gasteiger partial charge in [0.15, 0.2) is 10.3 Å². The molecule has 0 unspecified atom stereocenters. The number of hydrogen-bond donors (Lipinski definition) is 3. The number of carbonyl (C=O) groups excluding carboxylic acids is 2. The minimum Gasteiger partial charge on any atom is -0.380 e. The summed E-state index contributed by atoms with van der Waals surface area (Å²) in [5.74, 6) is -1.09. The lowest BCUT2D eigenvalue weighted by molar-refractivity contribution is 0.0370. The van der Waals surface area contributed by atoms with Crippen LogP contribution in [0.25, 0.3) is 10.2 Å². The second kappa shape index (κ2) is 19.3. The SMILES string of the molecule is O=C(NS(=O)(=O)c1ccc(N[C@H](CCN2CCOCC2)CSc2ccccc2)c(S(=O)(=O)C(F)(F)Cl)c1)c1csc(N2CCc3cccc(C(=O)Nc4nc5ccncc5s4)c3C2)n1. The van der Waals surface area contributed by atoms with Crippen molar-refractivity contribution < 1.29 is 39.9 Å². The highest BCUT2D eigenvalue weighted by Crippen LogP contribution is 2.38. The van der Waals surface area contributed by atoms with Crippen LogP contribution in [-0.2, 0) is 37.6 Å². The molecule has 3 N–H and O–H groups in total. The molecule has 1 saturated heterocycles. The van der Waals surface area contributed by atoms with Gasteiger partial charge in [0.1, 0.15) is 5.69 Å². The maximum Gasteiger partial charge on any atom is 0.427 e. The Labute approximate surface area is 384 Å².